The molecule has 0 bridgehead atoms. The van der Waals surface area contributed by atoms with Crippen molar-refractivity contribution in [2.24, 2.45) is 0 Å². The maximum Gasteiger partial charge on any atom is 0.274 e. The van der Waals surface area contributed by atoms with Gasteiger partial charge in [-0.1, -0.05) is 22.9 Å². The molecule has 0 aliphatic rings. The molecule has 0 radical (unpaired) electrons. The molecule has 1 aromatic rings. The first kappa shape index (κ1) is 8.17. The van der Waals surface area contributed by atoms with Gasteiger partial charge in [-0.15, -0.1) is 0 Å². The predicted octanol–water partition coefficient (Wildman–Crippen LogP) is 2.23. The Labute approximate surface area is 73.6 Å². The van der Waals surface area contributed by atoms with E-state index in [4.69, 9.17) is 16.3 Å². The fourth-order valence-electron chi connectivity index (χ4n) is 0.498. The summed E-state index contributed by atoms with van der Waals surface area (Å²) in [6.07, 6.45) is 0. The van der Waals surface area contributed by atoms with Gasteiger partial charge >= 0.3 is 0 Å². The van der Waals surface area contributed by atoms with Gasteiger partial charge in [0.2, 0.25) is 0 Å². The predicted molar refractivity (Wildman–Crippen MR) is 46.4 cm³/mol. The van der Waals surface area contributed by atoms with E-state index >= 15 is 0 Å². The second-order valence-corrected chi connectivity index (χ2v) is 3.28. The number of thiazole rings is 1. The molecule has 0 aliphatic heterocycles. The zero-order chi connectivity index (χ0) is 7.56. The first-order valence-electron chi connectivity index (χ1n) is 2.58. The molecule has 1 rings (SSSR count). The molecule has 5 heteroatoms. The van der Waals surface area contributed by atoms with E-state index in [1.165, 1.54) is 11.3 Å². The molecular formula is C5H6ClNOS2. The van der Waals surface area contributed by atoms with Crippen molar-refractivity contribution in [1.82, 2.24) is 4.98 Å². The topological polar surface area (TPSA) is 22.1 Å². The van der Waals surface area contributed by atoms with E-state index in [9.17, 15) is 0 Å². The van der Waals surface area contributed by atoms with Crippen LogP contribution in [0.25, 0.3) is 0 Å². The molecule has 0 aliphatic carbocycles. The second kappa shape index (κ2) is 3.46. The SMILES string of the molecule is COc1nc(Cl)c(CS)s1. The number of rotatable bonds is 2. The molecule has 0 unspecified atom stereocenters. The molecule has 0 fully saturated rings. The Morgan fingerprint density at radius 1 is 1.80 bits per heavy atom. The van der Waals surface area contributed by atoms with Gasteiger partial charge in [-0.25, -0.2) is 0 Å². The van der Waals surface area contributed by atoms with Crippen molar-refractivity contribution in [3.63, 3.8) is 0 Å². The zero-order valence-corrected chi connectivity index (χ0v) is 7.76. The molecule has 0 saturated heterocycles. The number of aromatic nitrogens is 1. The molecule has 0 amide bonds. The van der Waals surface area contributed by atoms with Crippen molar-refractivity contribution >= 4 is 35.6 Å². The lowest BCUT2D eigenvalue weighted by Gasteiger charge is -1.85. The Balaban J connectivity index is 2.92. The molecule has 2 nitrogen and oxygen atoms in total. The van der Waals surface area contributed by atoms with Gasteiger partial charge in [0.1, 0.15) is 5.15 Å². The molecule has 0 spiro atoms. The van der Waals surface area contributed by atoms with Crippen LogP contribution in [-0.2, 0) is 5.75 Å². The molecule has 0 N–H and O–H groups in total. The van der Waals surface area contributed by atoms with Gasteiger partial charge in [0.25, 0.3) is 5.19 Å². The third kappa shape index (κ3) is 1.56. The summed E-state index contributed by atoms with van der Waals surface area (Å²) in [6.45, 7) is 0. The second-order valence-electron chi connectivity index (χ2n) is 1.56. The van der Waals surface area contributed by atoms with Crippen molar-refractivity contribution in [3.05, 3.63) is 10.0 Å². The summed E-state index contributed by atoms with van der Waals surface area (Å²) in [5.74, 6) is 0.611. The Morgan fingerprint density at radius 2 is 2.50 bits per heavy atom. The largest absolute Gasteiger partial charge is 0.473 e. The number of hydrogen-bond acceptors (Lipinski definition) is 4. The van der Waals surface area contributed by atoms with Crippen LogP contribution in [0.2, 0.25) is 5.15 Å². The summed E-state index contributed by atoms with van der Waals surface area (Å²) < 4.78 is 4.87. The Bertz CT molecular complexity index is 225. The smallest absolute Gasteiger partial charge is 0.274 e. The summed E-state index contributed by atoms with van der Waals surface area (Å²) in [5, 5.41) is 1.09. The first-order valence-corrected chi connectivity index (χ1v) is 4.40. The molecule has 1 aromatic heterocycles. The third-order valence-electron chi connectivity index (χ3n) is 0.948. The van der Waals surface area contributed by atoms with Gasteiger partial charge in [-0.05, 0) is 0 Å². The van der Waals surface area contributed by atoms with Gasteiger partial charge < -0.3 is 4.74 Å². The lowest BCUT2D eigenvalue weighted by molar-refractivity contribution is 0.412. The van der Waals surface area contributed by atoms with Crippen LogP contribution in [0.15, 0.2) is 0 Å². The number of thiol groups is 1. The van der Waals surface area contributed by atoms with Gasteiger partial charge in [-0.2, -0.15) is 17.6 Å². The number of halogens is 1. The Kier molecular flexibility index (Phi) is 2.82. The van der Waals surface area contributed by atoms with Crippen LogP contribution in [0.1, 0.15) is 4.88 Å². The van der Waals surface area contributed by atoms with E-state index in [-0.39, 0.29) is 0 Å². The minimum absolute atomic E-state index is 0.497. The molecular weight excluding hydrogens is 190 g/mol. The quantitative estimate of drug-likeness (QED) is 0.732. The lowest BCUT2D eigenvalue weighted by atomic mass is 10.6. The van der Waals surface area contributed by atoms with Crippen LogP contribution in [0.3, 0.4) is 0 Å². The molecule has 56 valence electrons. The highest BCUT2D eigenvalue weighted by Gasteiger charge is 2.06. The fourth-order valence-corrected chi connectivity index (χ4v) is 1.87. The molecule has 10 heavy (non-hydrogen) atoms. The zero-order valence-electron chi connectivity index (χ0n) is 5.30. The molecule has 0 saturated carbocycles. The summed E-state index contributed by atoms with van der Waals surface area (Å²) >= 11 is 11.2. The normalized spacial score (nSPS) is 9.90. The van der Waals surface area contributed by atoms with E-state index in [0.29, 0.717) is 16.1 Å². The lowest BCUT2D eigenvalue weighted by Crippen LogP contribution is -1.77. The van der Waals surface area contributed by atoms with Crippen molar-refractivity contribution in [1.29, 1.82) is 0 Å². The number of hydrogen-bond donors (Lipinski definition) is 1. The van der Waals surface area contributed by atoms with E-state index in [2.05, 4.69) is 17.6 Å². The van der Waals surface area contributed by atoms with Crippen LogP contribution < -0.4 is 4.74 Å². The van der Waals surface area contributed by atoms with Crippen molar-refractivity contribution in [2.75, 3.05) is 7.11 Å². The van der Waals surface area contributed by atoms with Crippen LogP contribution in [-0.4, -0.2) is 12.1 Å². The summed E-state index contributed by atoms with van der Waals surface area (Å²) in [5.41, 5.74) is 0. The minimum Gasteiger partial charge on any atom is -0.473 e. The minimum atomic E-state index is 0.497. The summed E-state index contributed by atoms with van der Waals surface area (Å²) in [6, 6.07) is 0. The van der Waals surface area contributed by atoms with Crippen LogP contribution in [0, 0.1) is 0 Å². The third-order valence-corrected chi connectivity index (χ3v) is 2.92. The van der Waals surface area contributed by atoms with E-state index in [1.807, 2.05) is 0 Å². The van der Waals surface area contributed by atoms with Crippen LogP contribution >= 0.6 is 35.6 Å². The number of nitrogens with zero attached hydrogens (tertiary/aromatic N) is 1. The standard InChI is InChI=1S/C5H6ClNOS2/c1-8-5-7-4(6)3(2-9)10-5/h9H,2H2,1H3. The van der Waals surface area contributed by atoms with Gasteiger partial charge in [-0.3, -0.25) is 0 Å². The average molecular weight is 196 g/mol. The highest BCUT2D eigenvalue weighted by molar-refractivity contribution is 7.79. The van der Waals surface area contributed by atoms with Gasteiger partial charge in [0.05, 0.1) is 12.0 Å². The van der Waals surface area contributed by atoms with Crippen molar-refractivity contribution < 1.29 is 4.74 Å². The maximum atomic E-state index is 5.69. The highest BCUT2D eigenvalue weighted by Crippen LogP contribution is 2.29. The monoisotopic (exact) mass is 195 g/mol. The van der Waals surface area contributed by atoms with Crippen molar-refractivity contribution in [3.8, 4) is 5.19 Å². The fraction of sp³-hybridized carbons (Fsp3) is 0.400. The number of methoxy groups -OCH3 is 1. The Morgan fingerprint density at radius 3 is 2.80 bits per heavy atom. The Hall–Kier alpha value is 0.0700. The molecule has 0 aromatic carbocycles. The summed E-state index contributed by atoms with van der Waals surface area (Å²) in [4.78, 5) is 4.86. The molecule has 1 heterocycles. The highest BCUT2D eigenvalue weighted by atomic mass is 35.5. The molecule has 0 atom stereocenters. The van der Waals surface area contributed by atoms with Crippen LogP contribution in [0.4, 0.5) is 0 Å². The average Bonchev–Trinajstić information content (AvgIpc) is 2.30. The van der Waals surface area contributed by atoms with E-state index in [0.717, 1.165) is 4.88 Å². The van der Waals surface area contributed by atoms with E-state index in [1.54, 1.807) is 7.11 Å². The summed E-state index contributed by atoms with van der Waals surface area (Å²) in [7, 11) is 1.57. The van der Waals surface area contributed by atoms with Crippen LogP contribution in [0.5, 0.6) is 5.19 Å². The van der Waals surface area contributed by atoms with Crippen molar-refractivity contribution in [2.45, 2.75) is 5.75 Å². The van der Waals surface area contributed by atoms with Gasteiger partial charge in [0.15, 0.2) is 0 Å². The number of ether oxygens (including phenoxy) is 1. The first-order chi connectivity index (χ1) is 4.77. The van der Waals surface area contributed by atoms with E-state index < -0.39 is 0 Å². The maximum absolute atomic E-state index is 5.69. The van der Waals surface area contributed by atoms with Gasteiger partial charge in [0, 0.05) is 5.75 Å².